The first-order valence-electron chi connectivity index (χ1n) is 4.93. The second kappa shape index (κ2) is 4.25. The van der Waals surface area contributed by atoms with E-state index in [-0.39, 0.29) is 23.7 Å². The van der Waals surface area contributed by atoms with E-state index in [0.29, 0.717) is 5.56 Å². The summed E-state index contributed by atoms with van der Waals surface area (Å²) in [4.78, 5) is 11.0. The molecule has 0 atom stereocenters. The molecule has 0 saturated carbocycles. The average molecular weight is 234 g/mol. The van der Waals surface area contributed by atoms with Crippen molar-refractivity contribution in [2.45, 2.75) is 6.54 Å². The second-order valence-electron chi connectivity index (χ2n) is 3.60. The molecular weight excluding hydrogens is 223 g/mol. The lowest BCUT2D eigenvalue weighted by Gasteiger charge is -2.04. The SMILES string of the molecule is NC(=O)c1cnn(Cc2cccc(F)c2)c1N. The Balaban J connectivity index is 2.28. The molecule has 1 aromatic carbocycles. The Morgan fingerprint density at radius 3 is 2.82 bits per heavy atom. The third-order valence-electron chi connectivity index (χ3n) is 2.37. The first kappa shape index (κ1) is 11.1. The summed E-state index contributed by atoms with van der Waals surface area (Å²) in [6.45, 7) is 0.289. The summed E-state index contributed by atoms with van der Waals surface area (Å²) in [5.41, 5.74) is 11.7. The minimum absolute atomic E-state index is 0.168. The predicted octanol–water partition coefficient (Wildman–Crippen LogP) is 0.752. The second-order valence-corrected chi connectivity index (χ2v) is 3.60. The van der Waals surface area contributed by atoms with Crippen LogP contribution in [0, 0.1) is 5.82 Å². The van der Waals surface area contributed by atoms with E-state index in [0.717, 1.165) is 0 Å². The lowest BCUT2D eigenvalue weighted by atomic mass is 10.2. The van der Waals surface area contributed by atoms with Gasteiger partial charge in [-0.15, -0.1) is 0 Å². The molecule has 0 fully saturated rings. The molecule has 1 aromatic heterocycles. The van der Waals surface area contributed by atoms with Gasteiger partial charge in [-0.3, -0.25) is 4.79 Å². The quantitative estimate of drug-likeness (QED) is 0.821. The number of anilines is 1. The lowest BCUT2D eigenvalue weighted by molar-refractivity contribution is 0.100. The highest BCUT2D eigenvalue weighted by Gasteiger charge is 2.12. The standard InChI is InChI=1S/C11H11FN4O/c12-8-3-1-2-7(4-8)6-16-10(13)9(5-15-16)11(14)17/h1-5H,6,13H2,(H2,14,17). The van der Waals surface area contributed by atoms with Gasteiger partial charge in [-0.25, -0.2) is 9.07 Å². The summed E-state index contributed by atoms with van der Waals surface area (Å²) in [6, 6.07) is 6.07. The molecule has 6 heteroatoms. The summed E-state index contributed by atoms with van der Waals surface area (Å²) in [5, 5.41) is 3.93. The van der Waals surface area contributed by atoms with Crippen LogP contribution >= 0.6 is 0 Å². The molecule has 4 N–H and O–H groups in total. The van der Waals surface area contributed by atoms with E-state index < -0.39 is 5.91 Å². The Morgan fingerprint density at radius 2 is 2.24 bits per heavy atom. The number of primary amides is 1. The van der Waals surface area contributed by atoms with Crippen LogP contribution in [0.2, 0.25) is 0 Å². The highest BCUT2D eigenvalue weighted by atomic mass is 19.1. The molecular formula is C11H11FN4O. The number of hydrogen-bond donors (Lipinski definition) is 2. The molecule has 0 bridgehead atoms. The highest BCUT2D eigenvalue weighted by molar-refractivity contribution is 5.96. The summed E-state index contributed by atoms with van der Waals surface area (Å²) in [7, 11) is 0. The zero-order valence-corrected chi connectivity index (χ0v) is 8.93. The first-order valence-corrected chi connectivity index (χ1v) is 4.93. The van der Waals surface area contributed by atoms with Crippen molar-refractivity contribution in [2.24, 2.45) is 5.73 Å². The monoisotopic (exact) mass is 234 g/mol. The van der Waals surface area contributed by atoms with Gasteiger partial charge in [0.2, 0.25) is 0 Å². The molecule has 17 heavy (non-hydrogen) atoms. The fourth-order valence-electron chi connectivity index (χ4n) is 1.52. The van der Waals surface area contributed by atoms with Crippen molar-refractivity contribution < 1.29 is 9.18 Å². The zero-order valence-electron chi connectivity index (χ0n) is 8.93. The third kappa shape index (κ3) is 2.25. The maximum absolute atomic E-state index is 13.0. The van der Waals surface area contributed by atoms with E-state index >= 15 is 0 Å². The zero-order chi connectivity index (χ0) is 12.4. The van der Waals surface area contributed by atoms with Crippen molar-refractivity contribution in [3.63, 3.8) is 0 Å². The third-order valence-corrected chi connectivity index (χ3v) is 2.37. The Hall–Kier alpha value is -2.37. The van der Waals surface area contributed by atoms with Crippen LogP contribution in [0.1, 0.15) is 15.9 Å². The molecule has 2 rings (SSSR count). The highest BCUT2D eigenvalue weighted by Crippen LogP contribution is 2.13. The summed E-state index contributed by atoms with van der Waals surface area (Å²) >= 11 is 0. The number of carbonyl (C=O) groups is 1. The summed E-state index contributed by atoms with van der Waals surface area (Å²) in [6.07, 6.45) is 1.30. The molecule has 88 valence electrons. The number of amides is 1. The molecule has 0 radical (unpaired) electrons. The molecule has 0 aliphatic heterocycles. The van der Waals surface area contributed by atoms with Gasteiger partial charge in [0, 0.05) is 0 Å². The van der Waals surface area contributed by atoms with Crippen molar-refractivity contribution in [3.05, 3.63) is 47.4 Å². The van der Waals surface area contributed by atoms with Gasteiger partial charge in [0.05, 0.1) is 12.7 Å². The molecule has 0 aliphatic carbocycles. The first-order chi connectivity index (χ1) is 8.08. The van der Waals surface area contributed by atoms with Crippen molar-refractivity contribution in [1.82, 2.24) is 9.78 Å². The van der Waals surface area contributed by atoms with Gasteiger partial charge in [0.15, 0.2) is 0 Å². The van der Waals surface area contributed by atoms with Crippen LogP contribution in [-0.4, -0.2) is 15.7 Å². The van der Waals surface area contributed by atoms with E-state index in [9.17, 15) is 9.18 Å². The van der Waals surface area contributed by atoms with Crippen molar-refractivity contribution in [3.8, 4) is 0 Å². The number of hydrogen-bond acceptors (Lipinski definition) is 3. The number of aromatic nitrogens is 2. The van der Waals surface area contributed by atoms with Gasteiger partial charge in [0.1, 0.15) is 17.2 Å². The molecule has 0 saturated heterocycles. The topological polar surface area (TPSA) is 86.9 Å². The fraction of sp³-hybridized carbons (Fsp3) is 0.0909. The van der Waals surface area contributed by atoms with Crippen LogP contribution in [0.4, 0.5) is 10.2 Å². The fourth-order valence-corrected chi connectivity index (χ4v) is 1.52. The average Bonchev–Trinajstić information content (AvgIpc) is 2.61. The van der Waals surface area contributed by atoms with Gasteiger partial charge in [-0.2, -0.15) is 5.10 Å². The molecule has 1 amide bonds. The van der Waals surface area contributed by atoms with Crippen LogP contribution < -0.4 is 11.5 Å². The maximum Gasteiger partial charge on any atom is 0.254 e. The Kier molecular flexibility index (Phi) is 2.78. The number of nitrogen functional groups attached to an aromatic ring is 1. The Labute approximate surface area is 96.8 Å². The minimum Gasteiger partial charge on any atom is -0.383 e. The largest absolute Gasteiger partial charge is 0.383 e. The molecule has 1 heterocycles. The molecule has 2 aromatic rings. The Morgan fingerprint density at radius 1 is 1.47 bits per heavy atom. The normalized spacial score (nSPS) is 10.4. The van der Waals surface area contributed by atoms with E-state index in [4.69, 9.17) is 11.5 Å². The van der Waals surface area contributed by atoms with Gasteiger partial charge >= 0.3 is 0 Å². The summed E-state index contributed by atoms with van der Waals surface area (Å²) in [5.74, 6) is -0.780. The number of nitrogens with two attached hydrogens (primary N) is 2. The molecule has 0 aliphatic rings. The van der Waals surface area contributed by atoms with Crippen LogP contribution in [-0.2, 0) is 6.54 Å². The van der Waals surface area contributed by atoms with E-state index in [1.807, 2.05) is 0 Å². The number of nitrogens with zero attached hydrogens (tertiary/aromatic N) is 2. The van der Waals surface area contributed by atoms with E-state index in [2.05, 4.69) is 5.10 Å². The number of rotatable bonds is 3. The lowest BCUT2D eigenvalue weighted by Crippen LogP contribution is -2.14. The van der Waals surface area contributed by atoms with Gasteiger partial charge in [0.25, 0.3) is 5.91 Å². The smallest absolute Gasteiger partial charge is 0.254 e. The van der Waals surface area contributed by atoms with Gasteiger partial charge in [-0.1, -0.05) is 12.1 Å². The number of carbonyl (C=O) groups excluding carboxylic acids is 1. The van der Waals surface area contributed by atoms with Crippen LogP contribution in [0.3, 0.4) is 0 Å². The predicted molar refractivity (Wildman–Crippen MR) is 60.7 cm³/mol. The van der Waals surface area contributed by atoms with Gasteiger partial charge < -0.3 is 11.5 Å². The van der Waals surface area contributed by atoms with Gasteiger partial charge in [-0.05, 0) is 17.7 Å². The molecule has 5 nitrogen and oxygen atoms in total. The van der Waals surface area contributed by atoms with Crippen LogP contribution in [0.25, 0.3) is 0 Å². The molecule has 0 unspecified atom stereocenters. The summed E-state index contributed by atoms with van der Waals surface area (Å²) < 4.78 is 14.4. The Bertz CT molecular complexity index is 564. The van der Waals surface area contributed by atoms with E-state index in [1.165, 1.54) is 23.0 Å². The minimum atomic E-state index is -0.631. The van der Waals surface area contributed by atoms with Crippen molar-refractivity contribution >= 4 is 11.7 Å². The van der Waals surface area contributed by atoms with Crippen molar-refractivity contribution in [1.29, 1.82) is 0 Å². The van der Waals surface area contributed by atoms with Crippen LogP contribution in [0.5, 0.6) is 0 Å². The number of benzene rings is 1. The molecule has 0 spiro atoms. The van der Waals surface area contributed by atoms with Crippen molar-refractivity contribution in [2.75, 3.05) is 5.73 Å². The van der Waals surface area contributed by atoms with Crippen LogP contribution in [0.15, 0.2) is 30.5 Å². The number of halogens is 1. The van der Waals surface area contributed by atoms with E-state index in [1.54, 1.807) is 12.1 Å². The maximum atomic E-state index is 13.0.